The fourth-order valence-corrected chi connectivity index (χ4v) is 4.28. The van der Waals surface area contributed by atoms with E-state index in [0.29, 0.717) is 6.61 Å². The highest BCUT2D eigenvalue weighted by atomic mass is 16.5. The number of amides is 1. The van der Waals surface area contributed by atoms with Crippen molar-refractivity contribution in [1.29, 1.82) is 0 Å². The van der Waals surface area contributed by atoms with Crippen LogP contribution >= 0.6 is 0 Å². The Bertz CT molecular complexity index is 1030. The number of hydrogen-bond donors (Lipinski definition) is 1. The molecule has 1 atom stereocenters. The quantitative estimate of drug-likeness (QED) is 0.514. The van der Waals surface area contributed by atoms with Crippen LogP contribution in [0.3, 0.4) is 0 Å². The molecular formula is C28H33N3O3. The molecule has 1 saturated heterocycles. The van der Waals surface area contributed by atoms with Gasteiger partial charge >= 0.3 is 0 Å². The first kappa shape index (κ1) is 23.8. The number of hydrogen-bond acceptors (Lipinski definition) is 5. The van der Waals surface area contributed by atoms with Gasteiger partial charge in [0.15, 0.2) is 0 Å². The summed E-state index contributed by atoms with van der Waals surface area (Å²) in [7, 11) is 1.65. The number of nitrogens with one attached hydrogen (secondary N) is 1. The maximum absolute atomic E-state index is 13.2. The normalized spacial score (nSPS) is 15.5. The average molecular weight is 460 g/mol. The summed E-state index contributed by atoms with van der Waals surface area (Å²) in [5.74, 6) is 1.77. The second-order valence-corrected chi connectivity index (χ2v) is 8.75. The second-order valence-electron chi connectivity index (χ2n) is 8.75. The topological polar surface area (TPSA) is 63.7 Å². The highest BCUT2D eigenvalue weighted by Gasteiger charge is 2.27. The lowest BCUT2D eigenvalue weighted by Gasteiger charge is -2.32. The Morgan fingerprint density at radius 3 is 2.38 bits per heavy atom. The van der Waals surface area contributed by atoms with Gasteiger partial charge in [-0.15, -0.1) is 0 Å². The van der Waals surface area contributed by atoms with Gasteiger partial charge in [-0.2, -0.15) is 0 Å². The van der Waals surface area contributed by atoms with Gasteiger partial charge in [-0.05, 0) is 74.8 Å². The maximum Gasteiger partial charge on any atom is 0.224 e. The summed E-state index contributed by atoms with van der Waals surface area (Å²) in [5, 5.41) is 3.27. The van der Waals surface area contributed by atoms with E-state index < -0.39 is 0 Å². The van der Waals surface area contributed by atoms with E-state index in [9.17, 15) is 4.79 Å². The molecule has 6 nitrogen and oxygen atoms in total. The number of benzene rings is 2. The van der Waals surface area contributed by atoms with Crippen molar-refractivity contribution in [2.24, 2.45) is 5.92 Å². The zero-order valence-corrected chi connectivity index (χ0v) is 19.9. The number of aryl methyl sites for hydroxylation is 1. The van der Waals surface area contributed by atoms with Gasteiger partial charge in [0.1, 0.15) is 18.1 Å². The average Bonchev–Trinajstić information content (AvgIpc) is 2.89. The van der Waals surface area contributed by atoms with Crippen LogP contribution in [0.5, 0.6) is 11.5 Å². The van der Waals surface area contributed by atoms with E-state index in [1.807, 2.05) is 42.5 Å². The minimum absolute atomic E-state index is 0.00965. The highest BCUT2D eigenvalue weighted by Crippen LogP contribution is 2.24. The van der Waals surface area contributed by atoms with Gasteiger partial charge in [-0.1, -0.05) is 35.9 Å². The van der Waals surface area contributed by atoms with Gasteiger partial charge in [0, 0.05) is 18.7 Å². The molecule has 1 N–H and O–H groups in total. The minimum Gasteiger partial charge on any atom is -0.497 e. The Morgan fingerprint density at radius 2 is 1.74 bits per heavy atom. The smallest absolute Gasteiger partial charge is 0.224 e. The van der Waals surface area contributed by atoms with Crippen LogP contribution in [0.15, 0.2) is 72.9 Å². The molecule has 0 bridgehead atoms. The van der Waals surface area contributed by atoms with Gasteiger partial charge in [-0.25, -0.2) is 0 Å². The molecule has 1 fully saturated rings. The molecule has 3 aromatic rings. The molecule has 1 aliphatic heterocycles. The summed E-state index contributed by atoms with van der Waals surface area (Å²) >= 11 is 0. The van der Waals surface area contributed by atoms with E-state index in [-0.39, 0.29) is 17.9 Å². The monoisotopic (exact) mass is 459 g/mol. The molecule has 1 aromatic heterocycles. The lowest BCUT2D eigenvalue weighted by molar-refractivity contribution is -0.127. The second kappa shape index (κ2) is 11.7. The van der Waals surface area contributed by atoms with Gasteiger partial charge in [0.2, 0.25) is 5.91 Å². The predicted molar refractivity (Wildman–Crippen MR) is 133 cm³/mol. The van der Waals surface area contributed by atoms with Crippen molar-refractivity contribution in [3.05, 3.63) is 89.7 Å². The lowest BCUT2D eigenvalue weighted by Crippen LogP contribution is -2.42. The lowest BCUT2D eigenvalue weighted by atomic mass is 9.94. The van der Waals surface area contributed by atoms with Gasteiger partial charge < -0.3 is 14.8 Å². The van der Waals surface area contributed by atoms with Crippen LogP contribution in [0.25, 0.3) is 0 Å². The first-order chi connectivity index (χ1) is 16.6. The summed E-state index contributed by atoms with van der Waals surface area (Å²) in [4.78, 5) is 20.1. The van der Waals surface area contributed by atoms with E-state index in [2.05, 4.69) is 46.4 Å². The Labute approximate surface area is 201 Å². The minimum atomic E-state index is -0.245. The largest absolute Gasteiger partial charge is 0.497 e. The van der Waals surface area contributed by atoms with Crippen molar-refractivity contribution >= 4 is 5.91 Å². The van der Waals surface area contributed by atoms with Crippen LogP contribution in [0.2, 0.25) is 0 Å². The number of piperidine rings is 1. The first-order valence-corrected chi connectivity index (χ1v) is 11.9. The van der Waals surface area contributed by atoms with E-state index in [4.69, 9.17) is 9.47 Å². The summed E-state index contributed by atoms with van der Waals surface area (Å²) in [6, 6.07) is 21.5. The number of methoxy groups -OCH3 is 1. The number of rotatable bonds is 9. The van der Waals surface area contributed by atoms with Crippen molar-refractivity contribution in [3.8, 4) is 11.5 Å². The van der Waals surface area contributed by atoms with Crippen LogP contribution < -0.4 is 14.8 Å². The third kappa shape index (κ3) is 6.35. The molecular weight excluding hydrogens is 426 g/mol. The van der Waals surface area contributed by atoms with E-state index >= 15 is 0 Å². The van der Waals surface area contributed by atoms with E-state index in [1.165, 1.54) is 5.56 Å². The van der Waals surface area contributed by atoms with Crippen LogP contribution in [0.1, 0.15) is 35.7 Å². The molecule has 2 aromatic carbocycles. The number of carbonyl (C=O) groups is 1. The zero-order valence-electron chi connectivity index (χ0n) is 19.9. The molecule has 0 radical (unpaired) electrons. The third-order valence-electron chi connectivity index (χ3n) is 6.37. The van der Waals surface area contributed by atoms with Crippen molar-refractivity contribution in [1.82, 2.24) is 15.2 Å². The number of aromatic nitrogens is 1. The Morgan fingerprint density at radius 1 is 1.03 bits per heavy atom. The fraction of sp³-hybridized carbons (Fsp3) is 0.357. The number of ether oxygens (including phenoxy) is 2. The molecule has 0 spiro atoms. The number of nitrogens with zero attached hydrogens (tertiary/aromatic N) is 2. The standard InChI is InChI=1S/C28H33N3O3/c1-21-6-8-22(9-7-21)27(26-5-3-4-16-29-26)30-28(32)23-14-17-31(18-15-23)19-20-34-25-12-10-24(33-2)11-13-25/h3-13,16,23,27H,14-15,17-20H2,1-2H3,(H,30,32). The van der Waals surface area contributed by atoms with E-state index in [0.717, 1.165) is 55.2 Å². The Hall–Kier alpha value is -3.38. The predicted octanol–water partition coefficient (Wildman–Crippen LogP) is 4.40. The van der Waals surface area contributed by atoms with Gasteiger partial charge in [0.05, 0.1) is 18.8 Å². The van der Waals surface area contributed by atoms with Gasteiger partial charge in [0.25, 0.3) is 0 Å². The van der Waals surface area contributed by atoms with Crippen LogP contribution in [0, 0.1) is 12.8 Å². The van der Waals surface area contributed by atoms with Crippen molar-refractivity contribution < 1.29 is 14.3 Å². The molecule has 2 heterocycles. The summed E-state index contributed by atoms with van der Waals surface area (Å²) in [6.45, 7) is 5.32. The first-order valence-electron chi connectivity index (χ1n) is 11.9. The number of carbonyl (C=O) groups excluding carboxylic acids is 1. The highest BCUT2D eigenvalue weighted by molar-refractivity contribution is 5.79. The van der Waals surface area contributed by atoms with Crippen molar-refractivity contribution in [2.45, 2.75) is 25.8 Å². The molecule has 34 heavy (non-hydrogen) atoms. The Balaban J connectivity index is 1.28. The number of pyridine rings is 1. The Kier molecular flexibility index (Phi) is 8.15. The van der Waals surface area contributed by atoms with Crippen LogP contribution in [-0.2, 0) is 4.79 Å². The molecule has 6 heteroatoms. The van der Waals surface area contributed by atoms with E-state index in [1.54, 1.807) is 13.3 Å². The molecule has 1 unspecified atom stereocenters. The molecule has 1 aliphatic rings. The van der Waals surface area contributed by atoms with Crippen molar-refractivity contribution in [2.75, 3.05) is 33.4 Å². The molecule has 178 valence electrons. The number of likely N-dealkylation sites (tertiary alicyclic amines) is 1. The molecule has 0 saturated carbocycles. The van der Waals surface area contributed by atoms with Gasteiger partial charge in [-0.3, -0.25) is 14.7 Å². The summed E-state index contributed by atoms with van der Waals surface area (Å²) < 4.78 is 11.0. The van der Waals surface area contributed by atoms with Crippen molar-refractivity contribution in [3.63, 3.8) is 0 Å². The zero-order chi connectivity index (χ0) is 23.8. The van der Waals surface area contributed by atoms with Crippen LogP contribution in [-0.4, -0.2) is 49.1 Å². The SMILES string of the molecule is COc1ccc(OCCN2CCC(C(=O)NC(c3ccc(C)cc3)c3ccccn3)CC2)cc1. The van der Waals surface area contributed by atoms with Crippen LogP contribution in [0.4, 0.5) is 0 Å². The maximum atomic E-state index is 13.2. The fourth-order valence-electron chi connectivity index (χ4n) is 4.28. The third-order valence-corrected chi connectivity index (χ3v) is 6.37. The molecule has 0 aliphatic carbocycles. The molecule has 4 rings (SSSR count). The summed E-state index contributed by atoms with van der Waals surface area (Å²) in [5.41, 5.74) is 3.09. The molecule has 1 amide bonds. The summed E-state index contributed by atoms with van der Waals surface area (Å²) in [6.07, 6.45) is 3.46.